The van der Waals surface area contributed by atoms with Crippen molar-refractivity contribution in [1.29, 1.82) is 0 Å². The maximum absolute atomic E-state index is 12.5. The lowest BCUT2D eigenvalue weighted by Gasteiger charge is -2.48. The van der Waals surface area contributed by atoms with Crippen LogP contribution in [0.1, 0.15) is 30.7 Å². The van der Waals surface area contributed by atoms with Gasteiger partial charge >= 0.3 is 0 Å². The van der Waals surface area contributed by atoms with Crippen molar-refractivity contribution in [2.75, 3.05) is 44.3 Å². The molecule has 4 rings (SSSR count). The predicted octanol–water partition coefficient (Wildman–Crippen LogP) is 1.72. The van der Waals surface area contributed by atoms with E-state index in [4.69, 9.17) is 9.26 Å². The quantitative estimate of drug-likeness (QED) is 0.813. The molecule has 0 radical (unpaired) electrons. The van der Waals surface area contributed by atoms with Crippen molar-refractivity contribution in [1.82, 2.24) is 15.0 Å². The number of thioether (sulfide) groups is 1. The molecule has 3 saturated heterocycles. The third-order valence-electron chi connectivity index (χ3n) is 5.73. The van der Waals surface area contributed by atoms with Crippen LogP contribution in [0.5, 0.6) is 0 Å². The highest BCUT2D eigenvalue weighted by Gasteiger charge is 2.42. The van der Waals surface area contributed by atoms with Crippen LogP contribution in [0.25, 0.3) is 0 Å². The number of morpholine rings is 1. The van der Waals surface area contributed by atoms with E-state index in [-0.39, 0.29) is 11.5 Å². The second-order valence-electron chi connectivity index (χ2n) is 7.51. The van der Waals surface area contributed by atoms with E-state index in [1.165, 1.54) is 17.9 Å². The summed E-state index contributed by atoms with van der Waals surface area (Å²) in [4.78, 5) is 17.1. The van der Waals surface area contributed by atoms with Gasteiger partial charge in [-0.2, -0.15) is 11.8 Å². The van der Waals surface area contributed by atoms with Gasteiger partial charge in [-0.05, 0) is 31.9 Å². The lowest BCUT2D eigenvalue weighted by Crippen LogP contribution is -2.59. The summed E-state index contributed by atoms with van der Waals surface area (Å²) >= 11 is 2.07. The zero-order chi connectivity index (χ0) is 17.3. The topological polar surface area (TPSA) is 58.8 Å². The minimum absolute atomic E-state index is 0.0505. The van der Waals surface area contributed by atoms with Crippen LogP contribution < -0.4 is 0 Å². The fourth-order valence-corrected chi connectivity index (χ4v) is 5.48. The molecule has 0 saturated carbocycles. The van der Waals surface area contributed by atoms with Crippen LogP contribution in [0.15, 0.2) is 10.6 Å². The first-order valence-electron chi connectivity index (χ1n) is 9.29. The zero-order valence-electron chi connectivity index (χ0n) is 14.9. The molecular weight excluding hydrogens is 338 g/mol. The number of aromatic nitrogens is 1. The number of aryl methyl sites for hydroxylation is 1. The molecule has 1 atom stereocenters. The Kier molecular flexibility index (Phi) is 5.06. The Hall–Kier alpha value is -1.05. The number of nitrogens with zero attached hydrogens (tertiary/aromatic N) is 3. The normalized spacial score (nSPS) is 27.1. The second kappa shape index (κ2) is 7.29. The Morgan fingerprint density at radius 2 is 2.24 bits per heavy atom. The van der Waals surface area contributed by atoms with Crippen LogP contribution in [0.2, 0.25) is 0 Å². The van der Waals surface area contributed by atoms with Crippen molar-refractivity contribution < 1.29 is 14.1 Å². The van der Waals surface area contributed by atoms with Gasteiger partial charge < -0.3 is 14.2 Å². The molecule has 1 aromatic rings. The predicted molar refractivity (Wildman–Crippen MR) is 96.7 cm³/mol. The molecule has 7 heteroatoms. The highest BCUT2D eigenvalue weighted by molar-refractivity contribution is 7.99. The molecule has 3 aliphatic heterocycles. The number of hydrogen-bond acceptors (Lipinski definition) is 6. The largest absolute Gasteiger partial charge is 0.372 e. The van der Waals surface area contributed by atoms with Crippen molar-refractivity contribution in [2.45, 2.75) is 44.2 Å². The zero-order valence-corrected chi connectivity index (χ0v) is 15.7. The van der Waals surface area contributed by atoms with E-state index >= 15 is 0 Å². The van der Waals surface area contributed by atoms with Gasteiger partial charge in [0.05, 0.1) is 24.3 Å². The van der Waals surface area contributed by atoms with Gasteiger partial charge in [-0.3, -0.25) is 9.69 Å². The maximum Gasteiger partial charge on any atom is 0.230 e. The molecule has 1 spiro atoms. The molecule has 138 valence electrons. The summed E-state index contributed by atoms with van der Waals surface area (Å²) in [5.74, 6) is 3.34. The first-order chi connectivity index (χ1) is 12.1. The Labute approximate surface area is 153 Å². The minimum Gasteiger partial charge on any atom is -0.372 e. The molecule has 0 bridgehead atoms. The first kappa shape index (κ1) is 17.4. The Bertz CT molecular complexity index is 606. The summed E-state index contributed by atoms with van der Waals surface area (Å²) in [6.07, 6.45) is 3.48. The van der Waals surface area contributed by atoms with E-state index in [9.17, 15) is 4.79 Å². The molecule has 4 heterocycles. The average molecular weight is 365 g/mol. The lowest BCUT2D eigenvalue weighted by molar-refractivity contribution is -0.153. The van der Waals surface area contributed by atoms with Gasteiger partial charge in [0.2, 0.25) is 5.91 Å². The second-order valence-corrected chi connectivity index (χ2v) is 8.66. The number of carbonyl (C=O) groups excluding carboxylic acids is 1. The van der Waals surface area contributed by atoms with Crippen LogP contribution in [-0.4, -0.2) is 76.8 Å². The van der Waals surface area contributed by atoms with Crippen molar-refractivity contribution in [3.8, 4) is 0 Å². The fourth-order valence-electron chi connectivity index (χ4n) is 4.22. The van der Waals surface area contributed by atoms with E-state index < -0.39 is 0 Å². The molecule has 0 aromatic carbocycles. The first-order valence-corrected chi connectivity index (χ1v) is 10.4. The smallest absolute Gasteiger partial charge is 0.230 e. The van der Waals surface area contributed by atoms with Crippen LogP contribution in [0.4, 0.5) is 0 Å². The van der Waals surface area contributed by atoms with E-state index in [2.05, 4.69) is 21.8 Å². The van der Waals surface area contributed by atoms with Crippen molar-refractivity contribution in [3.63, 3.8) is 0 Å². The van der Waals surface area contributed by atoms with Crippen molar-refractivity contribution in [3.05, 3.63) is 17.5 Å². The lowest BCUT2D eigenvalue weighted by atomic mass is 9.88. The number of piperidine rings is 1. The summed E-state index contributed by atoms with van der Waals surface area (Å²) in [5, 5.41) is 3.86. The van der Waals surface area contributed by atoms with Crippen LogP contribution >= 0.6 is 11.8 Å². The summed E-state index contributed by atoms with van der Waals surface area (Å²) < 4.78 is 11.4. The summed E-state index contributed by atoms with van der Waals surface area (Å²) in [5.41, 5.74) is 0.770. The average Bonchev–Trinajstić information content (AvgIpc) is 3.27. The highest BCUT2D eigenvalue weighted by atomic mass is 32.2. The molecule has 6 nitrogen and oxygen atoms in total. The molecule has 3 fully saturated rings. The van der Waals surface area contributed by atoms with Crippen LogP contribution in [0, 0.1) is 6.92 Å². The Morgan fingerprint density at radius 1 is 1.40 bits per heavy atom. The van der Waals surface area contributed by atoms with Gasteiger partial charge in [0.1, 0.15) is 5.76 Å². The molecular formula is C18H27N3O3S. The molecule has 1 amide bonds. The van der Waals surface area contributed by atoms with E-state index in [1.807, 2.05) is 17.9 Å². The van der Waals surface area contributed by atoms with E-state index in [0.717, 1.165) is 57.4 Å². The third kappa shape index (κ3) is 3.88. The van der Waals surface area contributed by atoms with E-state index in [1.54, 1.807) is 0 Å². The standard InChI is InChI=1S/C18H27N3O3S/c1-14-10-16(24-19-14)11-17(22)20-5-3-18(4-6-20)13-21(7-8-23-18)15-2-9-25-12-15/h10,15H,2-9,11-13H2,1H3. The van der Waals surface area contributed by atoms with Gasteiger partial charge in [0, 0.05) is 44.0 Å². The van der Waals surface area contributed by atoms with Gasteiger partial charge in [-0.15, -0.1) is 0 Å². The molecule has 1 unspecified atom stereocenters. The number of amides is 1. The fraction of sp³-hybridized carbons (Fsp3) is 0.778. The number of ether oxygens (including phenoxy) is 1. The maximum atomic E-state index is 12.5. The van der Waals surface area contributed by atoms with Crippen LogP contribution in [-0.2, 0) is 16.0 Å². The van der Waals surface area contributed by atoms with E-state index in [0.29, 0.717) is 12.2 Å². The number of hydrogen-bond donors (Lipinski definition) is 0. The molecule has 25 heavy (non-hydrogen) atoms. The summed E-state index contributed by atoms with van der Waals surface area (Å²) in [6.45, 7) is 6.34. The number of carbonyl (C=O) groups is 1. The molecule has 0 aliphatic carbocycles. The molecule has 1 aromatic heterocycles. The third-order valence-corrected chi connectivity index (χ3v) is 6.87. The van der Waals surface area contributed by atoms with Gasteiger partial charge in [-0.25, -0.2) is 0 Å². The van der Waals surface area contributed by atoms with Gasteiger partial charge in [-0.1, -0.05) is 5.16 Å². The highest BCUT2D eigenvalue weighted by Crippen LogP contribution is 2.33. The van der Waals surface area contributed by atoms with Crippen molar-refractivity contribution >= 4 is 17.7 Å². The summed E-state index contributed by atoms with van der Waals surface area (Å²) in [6, 6.07) is 2.56. The molecule has 3 aliphatic rings. The Balaban J connectivity index is 1.31. The minimum atomic E-state index is -0.0505. The Morgan fingerprint density at radius 3 is 2.92 bits per heavy atom. The monoisotopic (exact) mass is 365 g/mol. The summed E-state index contributed by atoms with van der Waals surface area (Å²) in [7, 11) is 0. The van der Waals surface area contributed by atoms with Gasteiger partial charge in [0.15, 0.2) is 0 Å². The van der Waals surface area contributed by atoms with Crippen molar-refractivity contribution in [2.24, 2.45) is 0 Å². The molecule has 0 N–H and O–H groups in total. The SMILES string of the molecule is Cc1cc(CC(=O)N2CCC3(CC2)CN(C2CCSC2)CCO3)on1. The number of likely N-dealkylation sites (tertiary alicyclic amines) is 1. The number of rotatable bonds is 3. The van der Waals surface area contributed by atoms with Crippen LogP contribution in [0.3, 0.4) is 0 Å². The van der Waals surface area contributed by atoms with Gasteiger partial charge in [0.25, 0.3) is 0 Å².